The smallest absolute Gasteiger partial charge is 0.0267 e. The van der Waals surface area contributed by atoms with Crippen molar-refractivity contribution in [1.29, 1.82) is 8.82 Å². The van der Waals surface area contributed by atoms with Gasteiger partial charge in [-0.25, -0.2) is 0 Å². The van der Waals surface area contributed by atoms with Gasteiger partial charge in [-0.05, 0) is 12.1 Å². The maximum atomic E-state index is 5.84. The summed E-state index contributed by atoms with van der Waals surface area (Å²) in [6.45, 7) is 0. The van der Waals surface area contributed by atoms with Crippen molar-refractivity contribution < 1.29 is 39.1 Å². The van der Waals surface area contributed by atoms with Crippen LogP contribution < -0.4 is 24.8 Å². The molecule has 65 valence electrons. The van der Waals surface area contributed by atoms with Gasteiger partial charge < -0.3 is 24.8 Å². The second-order valence-electron chi connectivity index (χ2n) is 1.11. The molecule has 1 aromatic rings. The molecule has 0 saturated heterocycles. The number of hydrogen-bond donors (Lipinski definition) is 2. The maximum absolute atomic E-state index is 5.84. The zero-order chi connectivity index (χ0) is 6.95. The molecule has 0 aliphatic carbocycles. The third-order valence-electron chi connectivity index (χ3n) is 0.566. The summed E-state index contributed by atoms with van der Waals surface area (Å²) in [7, 11) is 0. The average molecular weight is 239 g/mol. The molecule has 0 bridgehead atoms. The number of rotatable bonds is 0. The second-order valence-corrected chi connectivity index (χ2v) is 1.37. The molecule has 0 spiro atoms. The van der Waals surface area contributed by atoms with Gasteiger partial charge in [0, 0.05) is 12.4 Å². The van der Waals surface area contributed by atoms with E-state index in [1.54, 1.807) is 12.4 Å². The van der Waals surface area contributed by atoms with Gasteiger partial charge in [0.1, 0.15) is 0 Å². The van der Waals surface area contributed by atoms with E-state index in [0.717, 1.165) is 0 Å². The van der Waals surface area contributed by atoms with E-state index in [1.807, 2.05) is 18.2 Å². The van der Waals surface area contributed by atoms with Crippen LogP contribution in [0.5, 0.6) is 0 Å². The molecule has 1 heterocycles. The van der Waals surface area contributed by atoms with Crippen LogP contribution in [0.25, 0.3) is 0 Å². The summed E-state index contributed by atoms with van der Waals surface area (Å²) in [5, 5.41) is 0. The van der Waals surface area contributed by atoms with E-state index in [9.17, 15) is 0 Å². The van der Waals surface area contributed by atoms with Gasteiger partial charge in [-0.15, -0.1) is 0 Å². The largest absolute Gasteiger partial charge is 0.265 e. The van der Waals surface area contributed by atoms with Gasteiger partial charge in [0.25, 0.3) is 0 Å². The molecule has 1 aromatic heterocycles. The molecule has 0 atom stereocenters. The van der Waals surface area contributed by atoms with Crippen LogP contribution >= 0.6 is 0 Å². The number of nitrogens with one attached hydrogen (secondary N) is 2. The van der Waals surface area contributed by atoms with Crippen molar-refractivity contribution in [2.45, 2.75) is 0 Å². The molecule has 1 rings (SSSR count). The SMILES string of the molecule is [Cl-].[Cl-].[NH]=[Co+2]=[NH].c1ccncc1. The number of pyridine rings is 1. The summed E-state index contributed by atoms with van der Waals surface area (Å²) in [6, 6.07) is 5.72. The molecular weight excluding hydrogens is 232 g/mol. The van der Waals surface area contributed by atoms with Crippen molar-refractivity contribution >= 4 is 0 Å². The fourth-order valence-corrected chi connectivity index (χ4v) is 0.313. The summed E-state index contributed by atoms with van der Waals surface area (Å²) in [5.74, 6) is 0. The van der Waals surface area contributed by atoms with Crippen molar-refractivity contribution in [3.05, 3.63) is 30.6 Å². The molecule has 0 aromatic carbocycles. The quantitative estimate of drug-likeness (QED) is 0.472. The third-order valence-corrected chi connectivity index (χ3v) is 0.566. The molecule has 11 heavy (non-hydrogen) atoms. The molecule has 0 radical (unpaired) electrons. The van der Waals surface area contributed by atoms with E-state index in [-0.39, 0.29) is 39.1 Å². The number of aromatic nitrogens is 1. The fraction of sp³-hybridized carbons (Fsp3) is 0. The van der Waals surface area contributed by atoms with Crippen LogP contribution in [0.3, 0.4) is 0 Å². The number of nitrogens with zero attached hydrogens (tertiary/aromatic N) is 1. The van der Waals surface area contributed by atoms with Crippen LogP contribution in [0.4, 0.5) is 0 Å². The van der Waals surface area contributed by atoms with Gasteiger partial charge in [-0.3, -0.25) is 4.98 Å². The molecule has 0 aliphatic heterocycles. The maximum Gasteiger partial charge on any atom is 0.0267 e. The summed E-state index contributed by atoms with van der Waals surface area (Å²) in [4.78, 5) is 3.78. The van der Waals surface area contributed by atoms with Crippen molar-refractivity contribution in [1.82, 2.24) is 4.98 Å². The van der Waals surface area contributed by atoms with E-state index in [1.165, 1.54) is 0 Å². The van der Waals surface area contributed by atoms with Gasteiger partial charge in [0.05, 0.1) is 0 Å². The Labute approximate surface area is 83.6 Å². The van der Waals surface area contributed by atoms with Crippen molar-refractivity contribution in [2.75, 3.05) is 0 Å². The standard InChI is InChI=1S/C5H5N.2ClH.Co.2HN/c1-2-4-6-5-3-1;;;;;/h1-5H;2*1H;;2*1H/q;;;+2;;/p-2. The van der Waals surface area contributed by atoms with E-state index in [0.29, 0.717) is 0 Å². The van der Waals surface area contributed by atoms with Gasteiger partial charge in [0.15, 0.2) is 0 Å². The van der Waals surface area contributed by atoms with E-state index < -0.39 is 0 Å². The second kappa shape index (κ2) is 16.4. The molecule has 0 unspecified atom stereocenters. The molecule has 2 N–H and O–H groups in total. The van der Waals surface area contributed by atoms with E-state index >= 15 is 0 Å². The van der Waals surface area contributed by atoms with Crippen molar-refractivity contribution in [3.8, 4) is 0 Å². The predicted octanol–water partition coefficient (Wildman–Crippen LogP) is -4.32. The van der Waals surface area contributed by atoms with Gasteiger partial charge in [0.2, 0.25) is 0 Å². The molecule has 0 amide bonds. The first-order chi connectivity index (χ1) is 4.41. The van der Waals surface area contributed by atoms with Crippen molar-refractivity contribution in [3.63, 3.8) is 0 Å². The Morgan fingerprint density at radius 1 is 0.909 bits per heavy atom. The fourth-order valence-electron chi connectivity index (χ4n) is 0.313. The Kier molecular flexibility index (Phi) is 25.5. The molecule has 0 saturated carbocycles. The molecule has 0 aliphatic rings. The summed E-state index contributed by atoms with van der Waals surface area (Å²) >= 11 is -0.0625. The molecule has 3 nitrogen and oxygen atoms in total. The molecule has 0 fully saturated rings. The Morgan fingerprint density at radius 3 is 1.36 bits per heavy atom. The first kappa shape index (κ1) is 17.1. The van der Waals surface area contributed by atoms with Crippen LogP contribution in [0.1, 0.15) is 0 Å². The van der Waals surface area contributed by atoms with Crippen LogP contribution in [0.2, 0.25) is 0 Å². The molecular formula is C5H7Cl2CoN3. The van der Waals surface area contributed by atoms with Crippen LogP contribution in [-0.4, -0.2) is 4.98 Å². The van der Waals surface area contributed by atoms with Crippen molar-refractivity contribution in [2.24, 2.45) is 0 Å². The van der Waals surface area contributed by atoms with E-state index in [2.05, 4.69) is 4.98 Å². The van der Waals surface area contributed by atoms with Gasteiger partial charge in [-0.2, -0.15) is 0 Å². The third kappa shape index (κ3) is 17.7. The first-order valence-corrected chi connectivity index (χ1v) is 3.22. The van der Waals surface area contributed by atoms with Crippen LogP contribution in [-0.2, 0) is 14.3 Å². The van der Waals surface area contributed by atoms with Crippen LogP contribution in [0, 0.1) is 8.82 Å². The van der Waals surface area contributed by atoms with Gasteiger partial charge in [-0.1, -0.05) is 6.07 Å². The summed E-state index contributed by atoms with van der Waals surface area (Å²) < 4.78 is 11.7. The Morgan fingerprint density at radius 2 is 1.27 bits per heavy atom. The van der Waals surface area contributed by atoms with E-state index in [4.69, 9.17) is 8.82 Å². The summed E-state index contributed by atoms with van der Waals surface area (Å²) in [6.07, 6.45) is 3.50. The minimum Gasteiger partial charge on any atom is -0.265 e. The molecule has 6 heteroatoms. The topological polar surface area (TPSA) is 60.6 Å². The normalized spacial score (nSPS) is 5.45. The summed E-state index contributed by atoms with van der Waals surface area (Å²) in [5.41, 5.74) is 0. The Bertz CT molecular complexity index is 150. The number of halogens is 2. The minimum absolute atomic E-state index is 0. The number of hydrogen-bond acceptors (Lipinski definition) is 3. The zero-order valence-corrected chi connectivity index (χ0v) is 7.98. The Hall–Kier alpha value is -0.164. The zero-order valence-electron chi connectivity index (χ0n) is 5.42. The Balaban J connectivity index is -0.000000116. The minimum atomic E-state index is -0.0625. The van der Waals surface area contributed by atoms with Crippen LogP contribution in [0.15, 0.2) is 30.6 Å². The first-order valence-electron chi connectivity index (χ1n) is 2.18. The monoisotopic (exact) mass is 238 g/mol. The van der Waals surface area contributed by atoms with Gasteiger partial charge >= 0.3 is 23.1 Å². The average Bonchev–Trinajstić information content (AvgIpc) is 1.93. The predicted molar refractivity (Wildman–Crippen MR) is 29.7 cm³/mol.